The van der Waals surface area contributed by atoms with E-state index in [0.717, 1.165) is 11.3 Å². The van der Waals surface area contributed by atoms with E-state index in [4.69, 9.17) is 5.73 Å². The summed E-state index contributed by atoms with van der Waals surface area (Å²) in [6.45, 7) is 0.572. The van der Waals surface area contributed by atoms with Gasteiger partial charge in [-0.15, -0.1) is 10.2 Å². The van der Waals surface area contributed by atoms with Crippen molar-refractivity contribution >= 4 is 16.5 Å². The predicted molar refractivity (Wildman–Crippen MR) is 54.1 cm³/mol. The predicted octanol–water partition coefficient (Wildman–Crippen LogP) is 1.62. The van der Waals surface area contributed by atoms with Gasteiger partial charge >= 0.3 is 0 Å². The Balaban J connectivity index is 1.82. The van der Waals surface area contributed by atoms with Crippen LogP contribution in [-0.2, 0) is 0 Å². The largest absolute Gasteiger partial charge is 0.359 e. The van der Waals surface area contributed by atoms with Crippen molar-refractivity contribution in [3.8, 4) is 0 Å². The van der Waals surface area contributed by atoms with Crippen LogP contribution in [0.1, 0.15) is 24.3 Å². The molecule has 0 aliphatic heterocycles. The quantitative estimate of drug-likeness (QED) is 0.812. The molecule has 1 aromatic rings. The van der Waals surface area contributed by atoms with Gasteiger partial charge in [-0.05, 0) is 18.8 Å². The molecule has 2 rings (SSSR count). The van der Waals surface area contributed by atoms with Crippen molar-refractivity contribution in [2.75, 3.05) is 11.9 Å². The van der Waals surface area contributed by atoms with Crippen LogP contribution in [0.2, 0.25) is 0 Å². The van der Waals surface area contributed by atoms with Crippen LogP contribution >= 0.6 is 11.3 Å². The molecule has 1 fully saturated rings. The van der Waals surface area contributed by atoms with Gasteiger partial charge in [-0.2, -0.15) is 0 Å². The summed E-state index contributed by atoms with van der Waals surface area (Å²) in [4.78, 5) is 0. The molecule has 0 bridgehead atoms. The Kier molecular flexibility index (Phi) is 3.11. The van der Waals surface area contributed by atoms with Crippen LogP contribution in [0, 0.1) is 5.92 Å². The number of anilines is 1. The lowest BCUT2D eigenvalue weighted by molar-refractivity contribution is 0.150. The smallest absolute Gasteiger partial charge is 0.291 e. The molecule has 1 saturated carbocycles. The van der Waals surface area contributed by atoms with Crippen molar-refractivity contribution in [3.05, 3.63) is 5.01 Å². The van der Waals surface area contributed by atoms with E-state index in [-0.39, 0.29) is 11.0 Å². The average molecular weight is 234 g/mol. The summed E-state index contributed by atoms with van der Waals surface area (Å²) in [5, 5.41) is 10.1. The maximum atomic E-state index is 12.2. The van der Waals surface area contributed by atoms with Crippen LogP contribution in [0.4, 0.5) is 13.9 Å². The SMILES string of the molecule is NC(CNc1nnc(C(F)F)s1)C1CC1. The molecular weight excluding hydrogens is 222 g/mol. The van der Waals surface area contributed by atoms with Gasteiger partial charge in [0.05, 0.1) is 0 Å². The number of hydrogen-bond donors (Lipinski definition) is 2. The van der Waals surface area contributed by atoms with Gasteiger partial charge in [-0.25, -0.2) is 8.78 Å². The molecule has 4 nitrogen and oxygen atoms in total. The van der Waals surface area contributed by atoms with E-state index in [1.807, 2.05) is 0 Å². The van der Waals surface area contributed by atoms with Crippen LogP contribution in [0.3, 0.4) is 0 Å². The minimum atomic E-state index is -2.55. The zero-order valence-electron chi connectivity index (χ0n) is 7.99. The third kappa shape index (κ3) is 2.82. The molecule has 1 unspecified atom stereocenters. The van der Waals surface area contributed by atoms with Crippen LogP contribution in [-0.4, -0.2) is 22.8 Å². The molecule has 1 aliphatic carbocycles. The summed E-state index contributed by atoms with van der Waals surface area (Å²) >= 11 is 0.876. The first kappa shape index (κ1) is 10.7. The van der Waals surface area contributed by atoms with E-state index in [9.17, 15) is 8.78 Å². The molecule has 0 saturated heterocycles. The molecule has 1 aromatic heterocycles. The maximum absolute atomic E-state index is 12.2. The highest BCUT2D eigenvalue weighted by Crippen LogP contribution is 2.32. The lowest BCUT2D eigenvalue weighted by Crippen LogP contribution is -2.30. The van der Waals surface area contributed by atoms with E-state index < -0.39 is 6.43 Å². The van der Waals surface area contributed by atoms with Crippen molar-refractivity contribution in [2.45, 2.75) is 25.3 Å². The molecule has 0 radical (unpaired) electrons. The van der Waals surface area contributed by atoms with E-state index in [2.05, 4.69) is 15.5 Å². The Hall–Kier alpha value is -0.820. The summed E-state index contributed by atoms with van der Waals surface area (Å²) in [6.07, 6.45) is -0.210. The van der Waals surface area contributed by atoms with Gasteiger partial charge in [0.25, 0.3) is 6.43 Å². The summed E-state index contributed by atoms with van der Waals surface area (Å²) in [5.41, 5.74) is 5.84. The average Bonchev–Trinajstić information content (AvgIpc) is 2.93. The molecular formula is C8H12F2N4S. The second-order valence-electron chi connectivity index (χ2n) is 3.63. The summed E-state index contributed by atoms with van der Waals surface area (Å²) < 4.78 is 24.3. The molecule has 0 spiro atoms. The molecule has 0 aromatic carbocycles. The fraction of sp³-hybridized carbons (Fsp3) is 0.750. The highest BCUT2D eigenvalue weighted by molar-refractivity contribution is 7.15. The van der Waals surface area contributed by atoms with Gasteiger partial charge < -0.3 is 11.1 Å². The van der Waals surface area contributed by atoms with Gasteiger partial charge in [-0.3, -0.25) is 0 Å². The maximum Gasteiger partial charge on any atom is 0.291 e. The lowest BCUT2D eigenvalue weighted by Gasteiger charge is -2.09. The number of nitrogens with zero attached hydrogens (tertiary/aromatic N) is 2. The Morgan fingerprint density at radius 1 is 1.47 bits per heavy atom. The van der Waals surface area contributed by atoms with Crippen LogP contribution < -0.4 is 11.1 Å². The standard InChI is InChI=1S/C8H12F2N4S/c9-6(10)7-13-14-8(15-7)12-3-5(11)4-1-2-4/h4-6H,1-3,11H2,(H,12,14). The van der Waals surface area contributed by atoms with E-state index in [0.29, 0.717) is 17.6 Å². The number of alkyl halides is 2. The molecule has 3 N–H and O–H groups in total. The molecule has 1 aliphatic rings. The van der Waals surface area contributed by atoms with Crippen molar-refractivity contribution in [1.82, 2.24) is 10.2 Å². The van der Waals surface area contributed by atoms with E-state index in [1.54, 1.807) is 0 Å². The lowest BCUT2D eigenvalue weighted by atomic mass is 10.2. The van der Waals surface area contributed by atoms with Crippen molar-refractivity contribution in [3.63, 3.8) is 0 Å². The van der Waals surface area contributed by atoms with Crippen LogP contribution in [0.15, 0.2) is 0 Å². The van der Waals surface area contributed by atoms with Gasteiger partial charge in [-0.1, -0.05) is 11.3 Å². The van der Waals surface area contributed by atoms with Crippen LogP contribution in [0.5, 0.6) is 0 Å². The number of hydrogen-bond acceptors (Lipinski definition) is 5. The van der Waals surface area contributed by atoms with Gasteiger partial charge in [0, 0.05) is 12.6 Å². The Morgan fingerprint density at radius 2 is 2.20 bits per heavy atom. The number of aromatic nitrogens is 2. The molecule has 1 atom stereocenters. The fourth-order valence-corrected chi connectivity index (χ4v) is 1.90. The second kappa shape index (κ2) is 4.36. The number of nitrogens with two attached hydrogens (primary N) is 1. The molecule has 84 valence electrons. The first-order valence-corrected chi connectivity index (χ1v) is 5.59. The number of nitrogens with one attached hydrogen (secondary N) is 1. The summed E-state index contributed by atoms with van der Waals surface area (Å²) in [5.74, 6) is 0.583. The van der Waals surface area contributed by atoms with Crippen LogP contribution in [0.25, 0.3) is 0 Å². The Bertz CT molecular complexity index is 326. The third-order valence-electron chi connectivity index (χ3n) is 2.34. The Labute approximate surface area is 89.9 Å². The highest BCUT2D eigenvalue weighted by Gasteiger charge is 2.28. The second-order valence-corrected chi connectivity index (χ2v) is 4.64. The van der Waals surface area contributed by atoms with Crippen molar-refractivity contribution < 1.29 is 8.78 Å². The zero-order chi connectivity index (χ0) is 10.8. The number of halogens is 2. The first-order chi connectivity index (χ1) is 7.16. The zero-order valence-corrected chi connectivity index (χ0v) is 8.81. The topological polar surface area (TPSA) is 63.8 Å². The molecule has 7 heteroatoms. The van der Waals surface area contributed by atoms with Gasteiger partial charge in [0.2, 0.25) is 5.13 Å². The Morgan fingerprint density at radius 3 is 2.73 bits per heavy atom. The van der Waals surface area contributed by atoms with E-state index >= 15 is 0 Å². The molecule has 0 amide bonds. The molecule has 15 heavy (non-hydrogen) atoms. The minimum absolute atomic E-state index is 0.0869. The number of rotatable bonds is 5. The third-order valence-corrected chi connectivity index (χ3v) is 3.23. The van der Waals surface area contributed by atoms with Crippen molar-refractivity contribution in [1.29, 1.82) is 0 Å². The first-order valence-electron chi connectivity index (χ1n) is 4.78. The van der Waals surface area contributed by atoms with Gasteiger partial charge in [0.15, 0.2) is 5.01 Å². The summed E-state index contributed by atoms with van der Waals surface area (Å²) in [6, 6.07) is 0.0869. The summed E-state index contributed by atoms with van der Waals surface area (Å²) in [7, 11) is 0. The highest BCUT2D eigenvalue weighted by atomic mass is 32.1. The van der Waals surface area contributed by atoms with Gasteiger partial charge in [0.1, 0.15) is 0 Å². The van der Waals surface area contributed by atoms with E-state index in [1.165, 1.54) is 12.8 Å². The van der Waals surface area contributed by atoms with Crippen molar-refractivity contribution in [2.24, 2.45) is 11.7 Å². The normalized spacial score (nSPS) is 18.1. The molecule has 1 heterocycles. The fourth-order valence-electron chi connectivity index (χ4n) is 1.29. The minimum Gasteiger partial charge on any atom is -0.359 e. The monoisotopic (exact) mass is 234 g/mol.